The summed E-state index contributed by atoms with van der Waals surface area (Å²) < 4.78 is 35.8. The summed E-state index contributed by atoms with van der Waals surface area (Å²) in [5, 5.41) is 0. The first-order chi connectivity index (χ1) is 5.52. The molecule has 0 aromatic rings. The molecule has 1 saturated carbocycles. The Morgan fingerprint density at radius 2 is 1.75 bits per heavy atom. The third kappa shape index (κ3) is 1.62. The molecule has 0 spiro atoms. The number of hydrogen-bond donors (Lipinski definition) is 1. The van der Waals surface area contributed by atoms with E-state index in [-0.39, 0.29) is 0 Å². The number of ether oxygens (including phenoxy) is 1. The van der Waals surface area contributed by atoms with Crippen LogP contribution in [-0.2, 0) is 14.9 Å². The second-order valence-electron chi connectivity index (χ2n) is 3.15. The lowest BCUT2D eigenvalue weighted by Gasteiger charge is -2.32. The first-order valence-corrected chi connectivity index (χ1v) is 5.48. The molecular weight excluding hydrogens is 180 g/mol. The molecule has 0 radical (unpaired) electrons. The summed E-state index contributed by atoms with van der Waals surface area (Å²) in [7, 11) is -2.73. The van der Waals surface area contributed by atoms with E-state index in [1.165, 1.54) is 7.11 Å². The van der Waals surface area contributed by atoms with E-state index in [9.17, 15) is 8.42 Å². The summed E-state index contributed by atoms with van der Waals surface area (Å²) in [4.78, 5) is -1.31. The van der Waals surface area contributed by atoms with Gasteiger partial charge in [0.15, 0.2) is 4.93 Å². The van der Waals surface area contributed by atoms with Gasteiger partial charge in [-0.1, -0.05) is 6.42 Å². The first-order valence-electron chi connectivity index (χ1n) is 4.04. The molecule has 1 aliphatic rings. The highest BCUT2D eigenvalue weighted by atomic mass is 32.2. The van der Waals surface area contributed by atoms with Crippen molar-refractivity contribution in [2.45, 2.75) is 37.0 Å². The highest BCUT2D eigenvalue weighted by Gasteiger charge is 2.43. The average molecular weight is 194 g/mol. The molecular formula is C7H14O4S. The van der Waals surface area contributed by atoms with Crippen molar-refractivity contribution in [2.75, 3.05) is 7.11 Å². The lowest BCUT2D eigenvalue weighted by atomic mass is 9.97. The van der Waals surface area contributed by atoms with E-state index >= 15 is 0 Å². The average Bonchev–Trinajstić information content (AvgIpc) is 2.04. The van der Waals surface area contributed by atoms with Gasteiger partial charge >= 0.3 is 0 Å². The SMILES string of the molecule is COC1(S(=O)(=O)O)CCCCC1. The molecule has 0 aromatic heterocycles. The molecule has 72 valence electrons. The third-order valence-electron chi connectivity index (χ3n) is 2.46. The van der Waals surface area contributed by atoms with Crippen LogP contribution >= 0.6 is 0 Å². The second kappa shape index (κ2) is 3.32. The van der Waals surface area contributed by atoms with Crippen LogP contribution in [0.15, 0.2) is 0 Å². The fraction of sp³-hybridized carbons (Fsp3) is 1.00. The van der Waals surface area contributed by atoms with Gasteiger partial charge in [0.25, 0.3) is 10.1 Å². The van der Waals surface area contributed by atoms with E-state index < -0.39 is 15.1 Å². The van der Waals surface area contributed by atoms with Crippen molar-refractivity contribution in [3.8, 4) is 0 Å². The van der Waals surface area contributed by atoms with Gasteiger partial charge in [-0.05, 0) is 25.7 Å². The number of rotatable bonds is 2. The van der Waals surface area contributed by atoms with Crippen LogP contribution in [0.1, 0.15) is 32.1 Å². The molecule has 5 heteroatoms. The number of hydrogen-bond acceptors (Lipinski definition) is 3. The molecule has 12 heavy (non-hydrogen) atoms. The van der Waals surface area contributed by atoms with Gasteiger partial charge < -0.3 is 4.74 Å². The maximum absolute atomic E-state index is 11.0. The summed E-state index contributed by atoms with van der Waals surface area (Å²) in [6, 6.07) is 0. The zero-order chi connectivity index (χ0) is 9.24. The Morgan fingerprint density at radius 1 is 1.25 bits per heavy atom. The van der Waals surface area contributed by atoms with Gasteiger partial charge in [0, 0.05) is 7.11 Å². The van der Waals surface area contributed by atoms with Crippen molar-refractivity contribution >= 4 is 10.1 Å². The minimum absolute atomic E-state index is 0.405. The van der Waals surface area contributed by atoms with Crippen LogP contribution < -0.4 is 0 Å². The normalized spacial score (nSPS) is 23.8. The Bertz CT molecular complexity index is 238. The van der Waals surface area contributed by atoms with E-state index in [2.05, 4.69) is 0 Å². The van der Waals surface area contributed by atoms with Crippen molar-refractivity contribution in [2.24, 2.45) is 0 Å². The van der Waals surface area contributed by atoms with E-state index in [4.69, 9.17) is 9.29 Å². The zero-order valence-electron chi connectivity index (χ0n) is 7.12. The highest BCUT2D eigenvalue weighted by Crippen LogP contribution is 2.34. The fourth-order valence-electron chi connectivity index (χ4n) is 1.66. The molecule has 0 amide bonds. The van der Waals surface area contributed by atoms with Gasteiger partial charge in [-0.25, -0.2) is 0 Å². The van der Waals surface area contributed by atoms with E-state index in [0.29, 0.717) is 12.8 Å². The van der Waals surface area contributed by atoms with Crippen molar-refractivity contribution in [1.29, 1.82) is 0 Å². The zero-order valence-corrected chi connectivity index (χ0v) is 7.93. The van der Waals surface area contributed by atoms with Crippen LogP contribution in [-0.4, -0.2) is 25.0 Å². The first kappa shape index (κ1) is 9.95. The minimum atomic E-state index is -4.06. The minimum Gasteiger partial charge on any atom is -0.360 e. The molecule has 0 unspecified atom stereocenters. The summed E-state index contributed by atoms with van der Waals surface area (Å²) in [5.74, 6) is 0. The van der Waals surface area contributed by atoms with Gasteiger partial charge in [-0.3, -0.25) is 4.55 Å². The summed E-state index contributed by atoms with van der Waals surface area (Å²) in [6.45, 7) is 0. The van der Waals surface area contributed by atoms with Crippen LogP contribution in [0.4, 0.5) is 0 Å². The Balaban J connectivity index is 2.88. The quantitative estimate of drug-likeness (QED) is 0.670. The molecule has 1 fully saturated rings. The van der Waals surface area contributed by atoms with Crippen LogP contribution in [0.25, 0.3) is 0 Å². The van der Waals surface area contributed by atoms with Gasteiger partial charge in [-0.15, -0.1) is 0 Å². The molecule has 1 aliphatic carbocycles. The second-order valence-corrected chi connectivity index (χ2v) is 4.84. The lowest BCUT2D eigenvalue weighted by molar-refractivity contribution is 0.0235. The standard InChI is InChI=1S/C7H14O4S/c1-11-7(12(8,9)10)5-3-2-4-6-7/h2-6H2,1H3,(H,8,9,10). The fourth-order valence-corrected chi connectivity index (χ4v) is 2.67. The Kier molecular flexibility index (Phi) is 2.75. The Morgan fingerprint density at radius 3 is 2.00 bits per heavy atom. The van der Waals surface area contributed by atoms with Crippen molar-refractivity contribution in [1.82, 2.24) is 0 Å². The largest absolute Gasteiger partial charge is 0.360 e. The monoisotopic (exact) mass is 194 g/mol. The molecule has 0 aromatic carbocycles. The molecule has 0 bridgehead atoms. The van der Waals surface area contributed by atoms with Crippen LogP contribution in [0.5, 0.6) is 0 Å². The highest BCUT2D eigenvalue weighted by molar-refractivity contribution is 7.87. The van der Waals surface area contributed by atoms with Gasteiger partial charge in [0.2, 0.25) is 0 Å². The van der Waals surface area contributed by atoms with E-state index in [1.54, 1.807) is 0 Å². The summed E-state index contributed by atoms with van der Waals surface area (Å²) in [6.07, 6.45) is 3.42. The Labute approximate surface area is 72.7 Å². The predicted octanol–water partition coefficient (Wildman–Crippen LogP) is 1.18. The smallest absolute Gasteiger partial charge is 0.295 e. The van der Waals surface area contributed by atoms with Crippen molar-refractivity contribution < 1.29 is 17.7 Å². The maximum Gasteiger partial charge on any atom is 0.295 e. The van der Waals surface area contributed by atoms with E-state index in [1.807, 2.05) is 0 Å². The van der Waals surface area contributed by atoms with Crippen LogP contribution in [0, 0.1) is 0 Å². The maximum atomic E-state index is 11.0. The van der Waals surface area contributed by atoms with Crippen molar-refractivity contribution in [3.05, 3.63) is 0 Å². The molecule has 1 N–H and O–H groups in total. The number of methoxy groups -OCH3 is 1. The van der Waals surface area contributed by atoms with Gasteiger partial charge in [0.1, 0.15) is 0 Å². The molecule has 0 saturated heterocycles. The molecule has 0 heterocycles. The van der Waals surface area contributed by atoms with Crippen LogP contribution in [0.3, 0.4) is 0 Å². The van der Waals surface area contributed by atoms with Gasteiger partial charge in [-0.2, -0.15) is 8.42 Å². The summed E-state index contributed by atoms with van der Waals surface area (Å²) in [5.41, 5.74) is 0. The molecule has 4 nitrogen and oxygen atoms in total. The molecule has 0 atom stereocenters. The lowest BCUT2D eigenvalue weighted by Crippen LogP contribution is -2.41. The molecule has 1 rings (SSSR count). The van der Waals surface area contributed by atoms with Gasteiger partial charge in [0.05, 0.1) is 0 Å². The molecule has 0 aliphatic heterocycles. The van der Waals surface area contributed by atoms with E-state index in [0.717, 1.165) is 19.3 Å². The van der Waals surface area contributed by atoms with Crippen LogP contribution in [0.2, 0.25) is 0 Å². The van der Waals surface area contributed by atoms with Crippen molar-refractivity contribution in [3.63, 3.8) is 0 Å². The third-order valence-corrected chi connectivity index (χ3v) is 3.97. The Hall–Kier alpha value is -0.130. The predicted molar refractivity (Wildman–Crippen MR) is 44.4 cm³/mol. The topological polar surface area (TPSA) is 63.6 Å². The summed E-state index contributed by atoms with van der Waals surface area (Å²) >= 11 is 0.